The van der Waals surface area contributed by atoms with Gasteiger partial charge in [0.1, 0.15) is 12.2 Å². The van der Waals surface area contributed by atoms with Crippen LogP contribution >= 0.6 is 0 Å². The molecule has 2 N–H and O–H groups in total. The highest BCUT2D eigenvalue weighted by molar-refractivity contribution is 5.67. The van der Waals surface area contributed by atoms with Gasteiger partial charge >= 0.3 is 12.2 Å². The van der Waals surface area contributed by atoms with Gasteiger partial charge in [0.05, 0.1) is 26.4 Å². The number of alkyl carbamates (subject to hydrolysis) is 2. The standard InChI is InChI=1S/C40H70N2O7/c1-28(2)9-8-10-29(3)34-13-14-35-33-12-11-31-27-32(15-18-39(31,5)36(33)16-19-40(34,35)6)49-38(44)42-21-24-47-26-25-46-23-20-41-37(43)48-30(4)17-22-45-7/h11,28-30,32-36H,8-10,12-27H2,1-7H3,(H,41,43)(H,42,44)/t29?,30?,32-,33?,34?,35?,36?,39-,40+/m0/s1. The largest absolute Gasteiger partial charge is 0.446 e. The van der Waals surface area contributed by atoms with Crippen LogP contribution in [0.3, 0.4) is 0 Å². The van der Waals surface area contributed by atoms with Gasteiger partial charge in [-0.1, -0.05) is 65.5 Å². The first-order valence-electron chi connectivity index (χ1n) is 19.7. The SMILES string of the molecule is COCCC(C)OC(=O)NCCOCCOCCNC(=O)O[C@H]1CC[C@@]2(C)C(=CCC3C4CCC(C(C)CCCC(C)C)[C@@]4(C)CCC32)C1. The van der Waals surface area contributed by atoms with Crippen molar-refractivity contribution in [3.8, 4) is 0 Å². The number of methoxy groups -OCH3 is 1. The number of carbonyl (C=O) groups excluding carboxylic acids is 2. The minimum absolute atomic E-state index is 0.0546. The van der Waals surface area contributed by atoms with Gasteiger partial charge in [-0.15, -0.1) is 0 Å². The maximum Gasteiger partial charge on any atom is 0.407 e. The van der Waals surface area contributed by atoms with Crippen molar-refractivity contribution < 1.29 is 33.3 Å². The average Bonchev–Trinajstić information content (AvgIpc) is 3.42. The van der Waals surface area contributed by atoms with Crippen LogP contribution in [0.1, 0.15) is 119 Å². The van der Waals surface area contributed by atoms with E-state index >= 15 is 0 Å². The molecule has 3 saturated carbocycles. The zero-order chi connectivity index (χ0) is 35.4. The molecule has 0 heterocycles. The van der Waals surface area contributed by atoms with E-state index in [4.69, 9.17) is 23.7 Å². The molecule has 0 spiro atoms. The third-order valence-corrected chi connectivity index (χ3v) is 13.0. The summed E-state index contributed by atoms with van der Waals surface area (Å²) in [5, 5.41) is 5.52. The van der Waals surface area contributed by atoms with E-state index in [-0.39, 0.29) is 23.7 Å². The number of hydrogen-bond acceptors (Lipinski definition) is 7. The Hall–Kier alpha value is -1.84. The molecular weight excluding hydrogens is 620 g/mol. The van der Waals surface area contributed by atoms with Crippen LogP contribution in [0.25, 0.3) is 0 Å². The molecule has 0 aromatic carbocycles. The molecule has 3 fully saturated rings. The van der Waals surface area contributed by atoms with Crippen LogP contribution in [0, 0.1) is 46.3 Å². The average molecular weight is 691 g/mol. The Morgan fingerprint density at radius 3 is 2.24 bits per heavy atom. The van der Waals surface area contributed by atoms with Gasteiger partial charge in [0.2, 0.25) is 0 Å². The van der Waals surface area contributed by atoms with Gasteiger partial charge in [-0.2, -0.15) is 0 Å². The summed E-state index contributed by atoms with van der Waals surface area (Å²) in [5.41, 5.74) is 2.30. The molecule has 0 aliphatic heterocycles. The van der Waals surface area contributed by atoms with Crippen molar-refractivity contribution in [1.29, 1.82) is 0 Å². The molecule has 4 aliphatic carbocycles. The first-order valence-corrected chi connectivity index (χ1v) is 19.7. The number of rotatable bonds is 19. The highest BCUT2D eigenvalue weighted by atomic mass is 16.6. The molecule has 0 radical (unpaired) electrons. The van der Waals surface area contributed by atoms with Crippen molar-refractivity contribution in [3.63, 3.8) is 0 Å². The van der Waals surface area contributed by atoms with Crippen LogP contribution in [0.4, 0.5) is 9.59 Å². The number of amides is 2. The van der Waals surface area contributed by atoms with Gasteiger partial charge in [0.15, 0.2) is 0 Å². The molecule has 0 saturated heterocycles. The van der Waals surface area contributed by atoms with E-state index in [1.165, 1.54) is 51.4 Å². The summed E-state index contributed by atoms with van der Waals surface area (Å²) in [6, 6.07) is 0. The number of hydrogen-bond donors (Lipinski definition) is 2. The van der Waals surface area contributed by atoms with Crippen LogP contribution in [0.5, 0.6) is 0 Å². The first kappa shape index (κ1) is 39.9. The van der Waals surface area contributed by atoms with Gasteiger partial charge in [0, 0.05) is 39.6 Å². The van der Waals surface area contributed by atoms with Gasteiger partial charge in [-0.3, -0.25) is 0 Å². The zero-order valence-corrected chi connectivity index (χ0v) is 32.0. The number of nitrogens with one attached hydrogen (secondary N) is 2. The molecule has 282 valence electrons. The summed E-state index contributed by atoms with van der Waals surface area (Å²) in [6.07, 6.45) is 16.0. The third-order valence-electron chi connectivity index (χ3n) is 13.0. The topological polar surface area (TPSA) is 104 Å². The Kier molecular flexibility index (Phi) is 15.6. The van der Waals surface area contributed by atoms with Crippen molar-refractivity contribution in [2.75, 3.05) is 53.2 Å². The fourth-order valence-corrected chi connectivity index (χ4v) is 10.3. The van der Waals surface area contributed by atoms with Crippen molar-refractivity contribution in [1.82, 2.24) is 10.6 Å². The Labute approximate surface area is 297 Å². The molecule has 49 heavy (non-hydrogen) atoms. The quantitative estimate of drug-likeness (QED) is 0.104. The number of carbonyl (C=O) groups is 2. The zero-order valence-electron chi connectivity index (χ0n) is 32.0. The van der Waals surface area contributed by atoms with Crippen molar-refractivity contribution in [2.24, 2.45) is 46.3 Å². The fraction of sp³-hybridized carbons (Fsp3) is 0.900. The number of ether oxygens (including phenoxy) is 5. The number of allylic oxidation sites excluding steroid dienone is 1. The summed E-state index contributed by atoms with van der Waals surface area (Å²) >= 11 is 0. The summed E-state index contributed by atoms with van der Waals surface area (Å²) < 4.78 is 27.2. The normalized spacial score (nSPS) is 31.9. The van der Waals surface area contributed by atoms with E-state index in [9.17, 15) is 9.59 Å². The second-order valence-corrected chi connectivity index (χ2v) is 16.6. The Balaban J connectivity index is 1.10. The monoisotopic (exact) mass is 691 g/mol. The van der Waals surface area contributed by atoms with E-state index in [1.807, 2.05) is 6.92 Å². The highest BCUT2D eigenvalue weighted by Gasteiger charge is 2.59. The molecule has 4 aliphatic rings. The van der Waals surface area contributed by atoms with Gasteiger partial charge in [-0.25, -0.2) is 9.59 Å². The van der Waals surface area contributed by atoms with Crippen molar-refractivity contribution in [3.05, 3.63) is 11.6 Å². The van der Waals surface area contributed by atoms with Crippen molar-refractivity contribution in [2.45, 2.75) is 131 Å². The lowest BCUT2D eigenvalue weighted by Gasteiger charge is -2.58. The summed E-state index contributed by atoms with van der Waals surface area (Å²) in [7, 11) is 1.62. The molecule has 9 heteroatoms. The van der Waals surface area contributed by atoms with Crippen LogP contribution in [0.2, 0.25) is 0 Å². The predicted molar refractivity (Wildman–Crippen MR) is 193 cm³/mol. The van der Waals surface area contributed by atoms with Crippen LogP contribution in [-0.4, -0.2) is 77.6 Å². The Bertz CT molecular complexity index is 1070. The van der Waals surface area contributed by atoms with E-state index < -0.39 is 6.09 Å². The molecule has 0 aromatic heterocycles. The molecule has 4 rings (SSSR count). The van der Waals surface area contributed by atoms with E-state index in [0.29, 0.717) is 58.0 Å². The Morgan fingerprint density at radius 2 is 1.55 bits per heavy atom. The van der Waals surface area contributed by atoms with E-state index in [2.05, 4.69) is 51.3 Å². The van der Waals surface area contributed by atoms with Crippen LogP contribution in [-0.2, 0) is 23.7 Å². The van der Waals surface area contributed by atoms with Gasteiger partial charge in [-0.05, 0) is 98.2 Å². The fourth-order valence-electron chi connectivity index (χ4n) is 10.3. The van der Waals surface area contributed by atoms with E-state index in [1.54, 1.807) is 12.7 Å². The van der Waals surface area contributed by atoms with E-state index in [0.717, 1.165) is 54.8 Å². The number of fused-ring (bicyclic) bond motifs is 5. The minimum Gasteiger partial charge on any atom is -0.446 e. The van der Waals surface area contributed by atoms with Crippen LogP contribution in [0.15, 0.2) is 11.6 Å². The molecule has 2 amide bonds. The molecule has 9 nitrogen and oxygen atoms in total. The minimum atomic E-state index is -0.459. The lowest BCUT2D eigenvalue weighted by molar-refractivity contribution is -0.0581. The smallest absolute Gasteiger partial charge is 0.407 e. The lowest BCUT2D eigenvalue weighted by Crippen LogP contribution is -2.51. The molecule has 0 bridgehead atoms. The van der Waals surface area contributed by atoms with Crippen LogP contribution < -0.4 is 10.6 Å². The highest BCUT2D eigenvalue weighted by Crippen LogP contribution is 2.67. The lowest BCUT2D eigenvalue weighted by atomic mass is 9.47. The Morgan fingerprint density at radius 1 is 0.837 bits per heavy atom. The van der Waals surface area contributed by atoms with Gasteiger partial charge < -0.3 is 34.3 Å². The molecule has 9 atom stereocenters. The second kappa shape index (κ2) is 19.1. The summed E-state index contributed by atoms with van der Waals surface area (Å²) in [4.78, 5) is 24.4. The second-order valence-electron chi connectivity index (χ2n) is 16.6. The summed E-state index contributed by atoms with van der Waals surface area (Å²) in [6.45, 7) is 17.2. The third kappa shape index (κ3) is 10.8. The predicted octanol–water partition coefficient (Wildman–Crippen LogP) is 8.31. The molecule has 0 aromatic rings. The first-order chi connectivity index (χ1) is 23.5. The van der Waals surface area contributed by atoms with Crippen molar-refractivity contribution >= 4 is 12.2 Å². The molecule has 6 unspecified atom stereocenters. The maximum absolute atomic E-state index is 12.6. The van der Waals surface area contributed by atoms with Gasteiger partial charge in [0.25, 0.3) is 0 Å². The maximum atomic E-state index is 12.6. The summed E-state index contributed by atoms with van der Waals surface area (Å²) in [5.74, 6) is 4.98. The molecular formula is C40H70N2O7.